The van der Waals surface area contributed by atoms with Crippen LogP contribution in [0, 0.1) is 0 Å². The molecule has 1 fully saturated rings. The third-order valence-corrected chi connectivity index (χ3v) is 9.04. The molecule has 3 aliphatic rings. The van der Waals surface area contributed by atoms with Gasteiger partial charge in [-0.25, -0.2) is 4.68 Å². The van der Waals surface area contributed by atoms with E-state index < -0.39 is 0 Å². The molecule has 3 nitrogen and oxygen atoms in total. The Morgan fingerprint density at radius 3 is 1.59 bits per heavy atom. The molecule has 0 amide bonds. The highest BCUT2D eigenvalue weighted by molar-refractivity contribution is 5.80. The van der Waals surface area contributed by atoms with E-state index in [1.165, 1.54) is 56.6 Å². The van der Waals surface area contributed by atoms with Crippen LogP contribution < -0.4 is 0 Å². The molecule has 5 aromatic rings. The molecule has 1 atom stereocenters. The standard InChI is InChI=1S/C36H32N2O/c1-5-15-30-26(11-1)27-12-2-6-16-31(27)34(30)22-24-21-25(38(37-24)36-19-9-10-20-39-36)23-35-32-17-7-3-13-28(32)29-14-4-8-18-33(29)35/h1-8,11-18,21,34-36H,9-10,19-20,22-23H2. The molecule has 0 N–H and O–H groups in total. The second-order valence-electron chi connectivity index (χ2n) is 11.3. The van der Waals surface area contributed by atoms with E-state index in [1.54, 1.807) is 0 Å². The SMILES string of the molecule is c1ccc2c(c1)-c1ccccc1C2Cc1cc(CC2c3ccccc3-c3ccccc32)n(C2CCCCO2)n1. The Morgan fingerprint density at radius 1 is 0.615 bits per heavy atom. The Morgan fingerprint density at radius 2 is 1.10 bits per heavy atom. The van der Waals surface area contributed by atoms with E-state index in [0.717, 1.165) is 38.0 Å². The number of ether oxygens (including phenoxy) is 1. The first-order valence-electron chi connectivity index (χ1n) is 14.4. The molecule has 0 spiro atoms. The van der Waals surface area contributed by atoms with Gasteiger partial charge in [0.15, 0.2) is 0 Å². The molecule has 0 radical (unpaired) electrons. The molecule has 1 unspecified atom stereocenters. The van der Waals surface area contributed by atoms with Gasteiger partial charge in [-0.05, 0) is 69.8 Å². The fourth-order valence-corrected chi connectivity index (χ4v) is 7.29. The van der Waals surface area contributed by atoms with E-state index in [0.29, 0.717) is 11.8 Å². The van der Waals surface area contributed by atoms with E-state index in [-0.39, 0.29) is 6.23 Å². The molecule has 1 aliphatic heterocycles. The number of hydrogen-bond donors (Lipinski definition) is 0. The number of benzene rings is 4. The Kier molecular flexibility index (Phi) is 5.51. The van der Waals surface area contributed by atoms with Crippen LogP contribution in [0.4, 0.5) is 0 Å². The average molecular weight is 509 g/mol. The smallest absolute Gasteiger partial charge is 0.150 e. The second-order valence-corrected chi connectivity index (χ2v) is 11.3. The first-order valence-corrected chi connectivity index (χ1v) is 14.4. The summed E-state index contributed by atoms with van der Waals surface area (Å²) in [6.45, 7) is 0.817. The molecular formula is C36H32N2O. The molecule has 3 heteroatoms. The molecule has 1 aromatic heterocycles. The van der Waals surface area contributed by atoms with E-state index in [2.05, 4.69) is 108 Å². The van der Waals surface area contributed by atoms with Gasteiger partial charge in [0.05, 0.1) is 5.69 Å². The van der Waals surface area contributed by atoms with Gasteiger partial charge in [-0.15, -0.1) is 0 Å². The summed E-state index contributed by atoms with van der Waals surface area (Å²) < 4.78 is 8.55. The van der Waals surface area contributed by atoms with Crippen molar-refractivity contribution in [3.63, 3.8) is 0 Å². The van der Waals surface area contributed by atoms with Gasteiger partial charge in [0.2, 0.25) is 0 Å². The lowest BCUT2D eigenvalue weighted by Crippen LogP contribution is -2.22. The minimum absolute atomic E-state index is 0.0255. The highest BCUT2D eigenvalue weighted by Crippen LogP contribution is 2.48. The van der Waals surface area contributed by atoms with E-state index in [9.17, 15) is 0 Å². The van der Waals surface area contributed by atoms with Gasteiger partial charge in [0.1, 0.15) is 6.23 Å². The van der Waals surface area contributed by atoms with Crippen LogP contribution in [0.15, 0.2) is 103 Å². The molecule has 2 aliphatic carbocycles. The molecular weight excluding hydrogens is 476 g/mol. The van der Waals surface area contributed by atoms with Crippen molar-refractivity contribution in [1.82, 2.24) is 9.78 Å². The maximum atomic E-state index is 6.30. The van der Waals surface area contributed by atoms with Gasteiger partial charge < -0.3 is 4.74 Å². The van der Waals surface area contributed by atoms with Crippen LogP contribution in [0.5, 0.6) is 0 Å². The normalized spacial score (nSPS) is 18.0. The first kappa shape index (κ1) is 23.0. The van der Waals surface area contributed by atoms with Crippen LogP contribution in [0.25, 0.3) is 22.3 Å². The van der Waals surface area contributed by atoms with Gasteiger partial charge >= 0.3 is 0 Å². The topological polar surface area (TPSA) is 27.1 Å². The summed E-state index contributed by atoms with van der Waals surface area (Å²) >= 11 is 0. The van der Waals surface area contributed by atoms with Gasteiger partial charge in [0.25, 0.3) is 0 Å². The fraction of sp³-hybridized carbons (Fsp3) is 0.250. The van der Waals surface area contributed by atoms with Crippen LogP contribution in [0.1, 0.15) is 71.0 Å². The van der Waals surface area contributed by atoms with Crippen molar-refractivity contribution < 1.29 is 4.74 Å². The number of fused-ring (bicyclic) bond motifs is 6. The lowest BCUT2D eigenvalue weighted by atomic mass is 9.90. The van der Waals surface area contributed by atoms with Crippen LogP contribution in [0.3, 0.4) is 0 Å². The van der Waals surface area contributed by atoms with E-state index in [4.69, 9.17) is 9.84 Å². The predicted octanol–water partition coefficient (Wildman–Crippen LogP) is 8.29. The summed E-state index contributed by atoms with van der Waals surface area (Å²) in [6, 6.07) is 38.0. The first-order chi connectivity index (χ1) is 19.3. The third kappa shape index (κ3) is 3.79. The molecule has 0 bridgehead atoms. The Labute approximate surface area is 230 Å². The molecule has 8 rings (SSSR count). The lowest BCUT2D eigenvalue weighted by molar-refractivity contribution is -0.0413. The summed E-state index contributed by atoms with van der Waals surface area (Å²) in [4.78, 5) is 0. The zero-order valence-corrected chi connectivity index (χ0v) is 22.1. The van der Waals surface area contributed by atoms with Crippen LogP contribution in [-0.2, 0) is 17.6 Å². The van der Waals surface area contributed by atoms with Crippen molar-refractivity contribution >= 4 is 0 Å². The second kappa shape index (κ2) is 9.36. The molecule has 4 aromatic carbocycles. The minimum atomic E-state index is 0.0255. The minimum Gasteiger partial charge on any atom is -0.357 e. The van der Waals surface area contributed by atoms with E-state index in [1.807, 2.05) is 0 Å². The van der Waals surface area contributed by atoms with Crippen molar-refractivity contribution in [2.75, 3.05) is 6.61 Å². The van der Waals surface area contributed by atoms with Crippen molar-refractivity contribution in [2.24, 2.45) is 0 Å². The van der Waals surface area contributed by atoms with Gasteiger partial charge in [0, 0.05) is 37.0 Å². The maximum Gasteiger partial charge on any atom is 0.150 e. The van der Waals surface area contributed by atoms with Crippen LogP contribution in [0.2, 0.25) is 0 Å². The molecule has 2 heterocycles. The van der Waals surface area contributed by atoms with Crippen molar-refractivity contribution in [2.45, 2.75) is 50.2 Å². The van der Waals surface area contributed by atoms with Crippen molar-refractivity contribution in [3.05, 3.63) is 137 Å². The highest BCUT2D eigenvalue weighted by Gasteiger charge is 2.32. The summed E-state index contributed by atoms with van der Waals surface area (Å²) in [7, 11) is 0. The van der Waals surface area contributed by atoms with Crippen LogP contribution >= 0.6 is 0 Å². The highest BCUT2D eigenvalue weighted by atomic mass is 16.5. The van der Waals surface area contributed by atoms with E-state index >= 15 is 0 Å². The predicted molar refractivity (Wildman–Crippen MR) is 156 cm³/mol. The van der Waals surface area contributed by atoms with Gasteiger partial charge in [-0.2, -0.15) is 5.10 Å². The molecule has 39 heavy (non-hydrogen) atoms. The van der Waals surface area contributed by atoms with Crippen molar-refractivity contribution in [3.8, 4) is 22.3 Å². The zero-order valence-electron chi connectivity index (χ0n) is 22.1. The largest absolute Gasteiger partial charge is 0.357 e. The number of hydrogen-bond acceptors (Lipinski definition) is 2. The fourth-order valence-electron chi connectivity index (χ4n) is 7.29. The average Bonchev–Trinajstić information content (AvgIpc) is 3.65. The van der Waals surface area contributed by atoms with Gasteiger partial charge in [-0.3, -0.25) is 0 Å². The molecule has 1 saturated heterocycles. The lowest BCUT2D eigenvalue weighted by Gasteiger charge is -2.25. The number of nitrogens with zero attached hydrogens (tertiary/aromatic N) is 2. The zero-order chi connectivity index (χ0) is 25.8. The summed E-state index contributed by atoms with van der Waals surface area (Å²) in [5.74, 6) is 0.658. The Hall–Kier alpha value is -3.95. The molecule has 0 saturated carbocycles. The third-order valence-electron chi connectivity index (χ3n) is 9.04. The monoisotopic (exact) mass is 508 g/mol. The summed E-state index contributed by atoms with van der Waals surface area (Å²) in [5.41, 5.74) is 13.6. The summed E-state index contributed by atoms with van der Waals surface area (Å²) in [6.07, 6.45) is 5.22. The van der Waals surface area contributed by atoms with Crippen LogP contribution in [-0.4, -0.2) is 16.4 Å². The quantitative estimate of drug-likeness (QED) is 0.239. The van der Waals surface area contributed by atoms with Gasteiger partial charge in [-0.1, -0.05) is 97.1 Å². The maximum absolute atomic E-state index is 6.30. The summed E-state index contributed by atoms with van der Waals surface area (Å²) in [5, 5.41) is 5.29. The Bertz CT molecular complexity index is 1580. The number of aromatic nitrogens is 2. The van der Waals surface area contributed by atoms with Crippen molar-refractivity contribution in [1.29, 1.82) is 0 Å². The number of rotatable bonds is 5. The Balaban J connectivity index is 1.19. The molecule has 192 valence electrons.